The minimum atomic E-state index is 0.658. The molecule has 0 unspecified atom stereocenters. The molecule has 0 aliphatic carbocycles. The van der Waals surface area contributed by atoms with Crippen LogP contribution >= 0.6 is 39.1 Å². The number of hydrogen-bond donors (Lipinski definition) is 0. The van der Waals surface area contributed by atoms with Crippen LogP contribution in [0.1, 0.15) is 5.56 Å². The highest BCUT2D eigenvalue weighted by molar-refractivity contribution is 9.08. The summed E-state index contributed by atoms with van der Waals surface area (Å²) in [4.78, 5) is 0. The standard InChI is InChI=1S/C13H9BrCl2/c14-8-9-2-1-3-10(6-9)12-5-4-11(15)7-13(12)16/h1-7H,8H2. The maximum atomic E-state index is 6.16. The first-order chi connectivity index (χ1) is 7.70. The van der Waals surface area contributed by atoms with Crippen molar-refractivity contribution in [2.75, 3.05) is 0 Å². The van der Waals surface area contributed by atoms with Crippen LogP contribution in [0.2, 0.25) is 10.0 Å². The molecule has 0 radical (unpaired) electrons. The van der Waals surface area contributed by atoms with Gasteiger partial charge >= 0.3 is 0 Å². The Hall–Kier alpha value is -0.500. The van der Waals surface area contributed by atoms with Crippen molar-refractivity contribution in [3.63, 3.8) is 0 Å². The third-order valence-corrected chi connectivity index (χ3v) is 3.52. The highest BCUT2D eigenvalue weighted by atomic mass is 79.9. The quantitative estimate of drug-likeness (QED) is 0.637. The van der Waals surface area contributed by atoms with Gasteiger partial charge in [-0.25, -0.2) is 0 Å². The molecule has 0 aliphatic heterocycles. The van der Waals surface area contributed by atoms with Crippen LogP contribution in [0.4, 0.5) is 0 Å². The normalized spacial score (nSPS) is 10.4. The van der Waals surface area contributed by atoms with Crippen molar-refractivity contribution in [3.8, 4) is 11.1 Å². The van der Waals surface area contributed by atoms with Gasteiger partial charge in [0.25, 0.3) is 0 Å². The van der Waals surface area contributed by atoms with Crippen molar-refractivity contribution in [3.05, 3.63) is 58.1 Å². The molecule has 0 spiro atoms. The zero-order valence-electron chi connectivity index (χ0n) is 8.38. The van der Waals surface area contributed by atoms with Gasteiger partial charge in [-0.3, -0.25) is 0 Å². The second-order valence-corrected chi connectivity index (χ2v) is 4.86. The summed E-state index contributed by atoms with van der Waals surface area (Å²) in [6.45, 7) is 0. The fourth-order valence-electron chi connectivity index (χ4n) is 1.55. The SMILES string of the molecule is Clc1ccc(-c2cccc(CBr)c2)c(Cl)c1. The zero-order valence-corrected chi connectivity index (χ0v) is 11.5. The van der Waals surface area contributed by atoms with Crippen LogP contribution in [0.15, 0.2) is 42.5 Å². The van der Waals surface area contributed by atoms with Crippen molar-refractivity contribution < 1.29 is 0 Å². The largest absolute Gasteiger partial charge is 0.0876 e. The molecule has 0 nitrogen and oxygen atoms in total. The Balaban J connectivity index is 2.49. The fourth-order valence-corrected chi connectivity index (χ4v) is 2.41. The van der Waals surface area contributed by atoms with E-state index in [1.807, 2.05) is 24.3 Å². The highest BCUT2D eigenvalue weighted by Crippen LogP contribution is 2.30. The molecule has 0 fully saturated rings. The van der Waals surface area contributed by atoms with E-state index in [0.29, 0.717) is 10.0 Å². The van der Waals surface area contributed by atoms with Crippen molar-refractivity contribution in [2.24, 2.45) is 0 Å². The van der Waals surface area contributed by atoms with Gasteiger partial charge in [-0.2, -0.15) is 0 Å². The number of benzene rings is 2. The second-order valence-electron chi connectivity index (χ2n) is 3.46. The van der Waals surface area contributed by atoms with E-state index in [0.717, 1.165) is 16.5 Å². The molecule has 0 heterocycles. The minimum absolute atomic E-state index is 0.658. The van der Waals surface area contributed by atoms with Crippen LogP contribution in [-0.2, 0) is 5.33 Å². The van der Waals surface area contributed by atoms with Crippen molar-refractivity contribution >= 4 is 39.1 Å². The van der Waals surface area contributed by atoms with Gasteiger partial charge in [0.2, 0.25) is 0 Å². The van der Waals surface area contributed by atoms with E-state index >= 15 is 0 Å². The summed E-state index contributed by atoms with van der Waals surface area (Å²) in [5.41, 5.74) is 3.34. The zero-order chi connectivity index (χ0) is 11.5. The monoisotopic (exact) mass is 314 g/mol. The summed E-state index contributed by atoms with van der Waals surface area (Å²) in [5.74, 6) is 0. The van der Waals surface area contributed by atoms with Gasteiger partial charge in [0.1, 0.15) is 0 Å². The second kappa shape index (κ2) is 5.22. The van der Waals surface area contributed by atoms with Crippen molar-refractivity contribution in [2.45, 2.75) is 5.33 Å². The summed E-state index contributed by atoms with van der Waals surface area (Å²) in [5, 5.41) is 2.18. The summed E-state index contributed by atoms with van der Waals surface area (Å²) < 4.78 is 0. The first kappa shape index (κ1) is 12.0. The summed E-state index contributed by atoms with van der Waals surface area (Å²) in [7, 11) is 0. The van der Waals surface area contributed by atoms with Crippen LogP contribution < -0.4 is 0 Å². The maximum absolute atomic E-state index is 6.16. The molecule has 2 aromatic carbocycles. The third kappa shape index (κ3) is 2.60. The van der Waals surface area contributed by atoms with Crippen molar-refractivity contribution in [1.29, 1.82) is 0 Å². The molecule has 0 atom stereocenters. The van der Waals surface area contributed by atoms with Gasteiger partial charge in [-0.05, 0) is 23.3 Å². The molecule has 3 heteroatoms. The predicted molar refractivity (Wildman–Crippen MR) is 74.5 cm³/mol. The van der Waals surface area contributed by atoms with E-state index < -0.39 is 0 Å². The van der Waals surface area contributed by atoms with Crippen LogP contribution in [0.5, 0.6) is 0 Å². The van der Waals surface area contributed by atoms with E-state index in [4.69, 9.17) is 23.2 Å². The molecule has 0 N–H and O–H groups in total. The molecule has 0 aliphatic rings. The summed E-state index contributed by atoms with van der Waals surface area (Å²) >= 11 is 15.5. The Kier molecular flexibility index (Phi) is 3.91. The Morgan fingerprint density at radius 1 is 1.00 bits per heavy atom. The predicted octanol–water partition coefficient (Wildman–Crippen LogP) is 5.56. The van der Waals surface area contributed by atoms with Gasteiger partial charge in [0, 0.05) is 20.9 Å². The molecule has 0 amide bonds. The van der Waals surface area contributed by atoms with E-state index in [-0.39, 0.29) is 0 Å². The average Bonchev–Trinajstić information content (AvgIpc) is 2.29. The number of alkyl halides is 1. The molecular weight excluding hydrogens is 307 g/mol. The highest BCUT2D eigenvalue weighted by Gasteiger charge is 2.04. The van der Waals surface area contributed by atoms with Crippen LogP contribution in [-0.4, -0.2) is 0 Å². The molecule has 0 aromatic heterocycles. The third-order valence-electron chi connectivity index (χ3n) is 2.32. The topological polar surface area (TPSA) is 0 Å². The molecule has 0 bridgehead atoms. The van der Waals surface area contributed by atoms with E-state index in [1.165, 1.54) is 5.56 Å². The molecule has 2 rings (SSSR count). The summed E-state index contributed by atoms with van der Waals surface area (Å²) in [6.07, 6.45) is 0. The average molecular weight is 316 g/mol. The lowest BCUT2D eigenvalue weighted by atomic mass is 10.0. The Bertz CT molecular complexity index is 509. The summed E-state index contributed by atoms with van der Waals surface area (Å²) in [6, 6.07) is 13.8. The number of hydrogen-bond acceptors (Lipinski definition) is 0. The minimum Gasteiger partial charge on any atom is -0.0876 e. The molecule has 0 saturated carbocycles. The van der Waals surface area contributed by atoms with Gasteiger partial charge in [-0.1, -0.05) is 69.5 Å². The Morgan fingerprint density at radius 2 is 1.81 bits per heavy atom. The first-order valence-electron chi connectivity index (χ1n) is 4.81. The molecule has 16 heavy (non-hydrogen) atoms. The van der Waals surface area contributed by atoms with Crippen LogP contribution in [0.3, 0.4) is 0 Å². The maximum Gasteiger partial charge on any atom is 0.0499 e. The Morgan fingerprint density at radius 3 is 2.50 bits per heavy atom. The van der Waals surface area contributed by atoms with E-state index in [1.54, 1.807) is 6.07 Å². The Labute approximate surface area is 113 Å². The van der Waals surface area contributed by atoms with E-state index in [9.17, 15) is 0 Å². The number of halogens is 3. The van der Waals surface area contributed by atoms with Crippen molar-refractivity contribution in [1.82, 2.24) is 0 Å². The van der Waals surface area contributed by atoms with Gasteiger partial charge in [-0.15, -0.1) is 0 Å². The van der Waals surface area contributed by atoms with Crippen LogP contribution in [0.25, 0.3) is 11.1 Å². The molecule has 2 aromatic rings. The van der Waals surface area contributed by atoms with Gasteiger partial charge < -0.3 is 0 Å². The lowest BCUT2D eigenvalue weighted by Crippen LogP contribution is -1.82. The van der Waals surface area contributed by atoms with Gasteiger partial charge in [0.05, 0.1) is 0 Å². The smallest absolute Gasteiger partial charge is 0.0499 e. The number of rotatable bonds is 2. The van der Waals surface area contributed by atoms with Crippen LogP contribution in [0, 0.1) is 0 Å². The molecular formula is C13H9BrCl2. The lowest BCUT2D eigenvalue weighted by Gasteiger charge is -2.06. The lowest BCUT2D eigenvalue weighted by molar-refractivity contribution is 1.43. The van der Waals surface area contributed by atoms with E-state index in [2.05, 4.69) is 28.1 Å². The fraction of sp³-hybridized carbons (Fsp3) is 0.0769. The molecule has 82 valence electrons. The molecule has 0 saturated heterocycles. The first-order valence-corrected chi connectivity index (χ1v) is 6.69. The van der Waals surface area contributed by atoms with Gasteiger partial charge in [0.15, 0.2) is 0 Å².